The third-order valence-electron chi connectivity index (χ3n) is 3.82. The molecule has 2 aromatic rings. The molecule has 0 bridgehead atoms. The molecule has 0 aromatic carbocycles. The Labute approximate surface area is 123 Å². The van der Waals surface area contributed by atoms with E-state index in [1.807, 2.05) is 6.07 Å². The summed E-state index contributed by atoms with van der Waals surface area (Å²) in [6, 6.07) is 3.55. The van der Waals surface area contributed by atoms with Crippen LogP contribution >= 0.6 is 0 Å². The van der Waals surface area contributed by atoms with Crippen molar-refractivity contribution in [3.05, 3.63) is 35.0 Å². The average molecular weight is 289 g/mol. The second-order valence-corrected chi connectivity index (χ2v) is 5.80. The Hall–Kier alpha value is -2.11. The highest BCUT2D eigenvalue weighted by Gasteiger charge is 2.35. The molecule has 6 nitrogen and oxygen atoms in total. The predicted molar refractivity (Wildman–Crippen MR) is 74.8 cm³/mol. The Bertz CT molecular complexity index is 644. The number of aromatic nitrogens is 2. The van der Waals surface area contributed by atoms with Crippen LogP contribution in [0.5, 0.6) is 0 Å². The van der Waals surface area contributed by atoms with Gasteiger partial charge in [-0.15, -0.1) is 0 Å². The first-order valence-electron chi connectivity index (χ1n) is 7.27. The SMILES string of the molecule is Cc1cc(C(=O)N2CCC[C@H]2c2cc(C(C)C)no2)on1. The van der Waals surface area contributed by atoms with E-state index < -0.39 is 0 Å². The number of likely N-dealkylation sites (tertiary alicyclic amines) is 1. The van der Waals surface area contributed by atoms with Crippen LogP contribution in [-0.4, -0.2) is 27.7 Å². The van der Waals surface area contributed by atoms with Crippen LogP contribution in [0.2, 0.25) is 0 Å². The topological polar surface area (TPSA) is 72.4 Å². The van der Waals surface area contributed by atoms with Crippen LogP contribution in [0, 0.1) is 6.92 Å². The highest BCUT2D eigenvalue weighted by Crippen LogP contribution is 2.34. The molecular formula is C15H19N3O3. The van der Waals surface area contributed by atoms with Crippen LogP contribution < -0.4 is 0 Å². The van der Waals surface area contributed by atoms with E-state index in [1.54, 1.807) is 17.9 Å². The van der Waals surface area contributed by atoms with Gasteiger partial charge >= 0.3 is 0 Å². The zero-order valence-corrected chi connectivity index (χ0v) is 12.5. The first kappa shape index (κ1) is 13.9. The quantitative estimate of drug-likeness (QED) is 0.868. The largest absolute Gasteiger partial charge is 0.359 e. The molecule has 0 unspecified atom stereocenters. The minimum absolute atomic E-state index is 0.0668. The number of hydrogen-bond acceptors (Lipinski definition) is 5. The Morgan fingerprint density at radius 1 is 1.33 bits per heavy atom. The second-order valence-electron chi connectivity index (χ2n) is 5.80. The third-order valence-corrected chi connectivity index (χ3v) is 3.82. The molecule has 1 aliphatic heterocycles. The summed E-state index contributed by atoms with van der Waals surface area (Å²) in [5, 5.41) is 7.86. The molecular weight excluding hydrogens is 270 g/mol. The zero-order valence-electron chi connectivity index (χ0n) is 12.5. The maximum absolute atomic E-state index is 12.5. The molecule has 0 saturated carbocycles. The highest BCUT2D eigenvalue weighted by molar-refractivity contribution is 5.91. The first-order chi connectivity index (χ1) is 10.1. The molecule has 3 heterocycles. The normalized spacial score (nSPS) is 18.7. The maximum atomic E-state index is 12.5. The van der Waals surface area contributed by atoms with Crippen LogP contribution in [0.25, 0.3) is 0 Å². The number of amides is 1. The maximum Gasteiger partial charge on any atom is 0.293 e. The Balaban J connectivity index is 1.83. The molecule has 0 N–H and O–H groups in total. The molecule has 0 aliphatic carbocycles. The molecule has 1 aliphatic rings. The monoisotopic (exact) mass is 289 g/mol. The van der Waals surface area contributed by atoms with Crippen LogP contribution in [0.4, 0.5) is 0 Å². The smallest absolute Gasteiger partial charge is 0.293 e. The summed E-state index contributed by atoms with van der Waals surface area (Å²) >= 11 is 0. The fourth-order valence-electron chi connectivity index (χ4n) is 2.64. The van der Waals surface area contributed by atoms with Crippen molar-refractivity contribution in [1.29, 1.82) is 0 Å². The van der Waals surface area contributed by atoms with Crippen molar-refractivity contribution in [2.45, 2.75) is 45.6 Å². The zero-order chi connectivity index (χ0) is 15.0. The van der Waals surface area contributed by atoms with E-state index in [1.165, 1.54) is 0 Å². The van der Waals surface area contributed by atoms with Crippen molar-refractivity contribution in [1.82, 2.24) is 15.2 Å². The van der Waals surface area contributed by atoms with Crippen molar-refractivity contribution >= 4 is 5.91 Å². The molecule has 21 heavy (non-hydrogen) atoms. The molecule has 6 heteroatoms. The summed E-state index contributed by atoms with van der Waals surface area (Å²) in [5.41, 5.74) is 1.62. The lowest BCUT2D eigenvalue weighted by atomic mass is 10.1. The van der Waals surface area contributed by atoms with Crippen molar-refractivity contribution in [3.63, 3.8) is 0 Å². The fourth-order valence-corrected chi connectivity index (χ4v) is 2.64. The van der Waals surface area contributed by atoms with Gasteiger partial charge in [-0.05, 0) is 25.7 Å². The molecule has 1 saturated heterocycles. The lowest BCUT2D eigenvalue weighted by molar-refractivity contribution is 0.0672. The fraction of sp³-hybridized carbons (Fsp3) is 0.533. The van der Waals surface area contributed by atoms with Gasteiger partial charge in [0.2, 0.25) is 5.76 Å². The molecule has 1 fully saturated rings. The van der Waals surface area contributed by atoms with Crippen LogP contribution in [0.15, 0.2) is 21.2 Å². The van der Waals surface area contributed by atoms with Crippen molar-refractivity contribution < 1.29 is 13.8 Å². The summed E-state index contributed by atoms with van der Waals surface area (Å²) in [7, 11) is 0. The van der Waals surface area contributed by atoms with Gasteiger partial charge in [-0.25, -0.2) is 0 Å². The van der Waals surface area contributed by atoms with Crippen molar-refractivity contribution in [2.75, 3.05) is 6.54 Å². The number of carbonyl (C=O) groups is 1. The Kier molecular flexibility index (Phi) is 3.53. The van der Waals surface area contributed by atoms with E-state index in [-0.39, 0.29) is 17.7 Å². The van der Waals surface area contributed by atoms with E-state index in [2.05, 4.69) is 24.2 Å². The molecule has 1 atom stereocenters. The van der Waals surface area contributed by atoms with Gasteiger partial charge in [0.05, 0.1) is 17.4 Å². The summed E-state index contributed by atoms with van der Waals surface area (Å²) in [5.74, 6) is 1.20. The molecule has 0 spiro atoms. The molecule has 0 radical (unpaired) electrons. The van der Waals surface area contributed by atoms with Gasteiger partial charge < -0.3 is 13.9 Å². The number of carbonyl (C=O) groups excluding carboxylic acids is 1. The minimum atomic E-state index is -0.138. The highest BCUT2D eigenvalue weighted by atomic mass is 16.5. The van der Waals surface area contributed by atoms with Crippen LogP contribution in [0.1, 0.15) is 66.4 Å². The summed E-state index contributed by atoms with van der Waals surface area (Å²) in [6.07, 6.45) is 1.83. The van der Waals surface area contributed by atoms with Gasteiger partial charge in [0.15, 0.2) is 5.76 Å². The van der Waals surface area contributed by atoms with E-state index >= 15 is 0 Å². The second kappa shape index (κ2) is 5.35. The standard InChI is InChI=1S/C15H19N3O3/c1-9(2)11-8-13(20-17-11)12-5-4-6-18(12)15(19)14-7-10(3)16-21-14/h7-9,12H,4-6H2,1-3H3/t12-/m0/s1. The van der Waals surface area contributed by atoms with E-state index in [9.17, 15) is 4.79 Å². The molecule has 3 rings (SSSR count). The number of hydrogen-bond donors (Lipinski definition) is 0. The molecule has 112 valence electrons. The first-order valence-corrected chi connectivity index (χ1v) is 7.27. The van der Waals surface area contributed by atoms with Crippen molar-refractivity contribution in [3.8, 4) is 0 Å². The molecule has 2 aromatic heterocycles. The lowest BCUT2D eigenvalue weighted by Gasteiger charge is -2.21. The van der Waals surface area contributed by atoms with Gasteiger partial charge in [0.1, 0.15) is 0 Å². The van der Waals surface area contributed by atoms with Gasteiger partial charge in [0, 0.05) is 18.7 Å². The summed E-state index contributed by atoms with van der Waals surface area (Å²) in [4.78, 5) is 14.3. The minimum Gasteiger partial charge on any atom is -0.359 e. The summed E-state index contributed by atoms with van der Waals surface area (Å²) < 4.78 is 10.5. The van der Waals surface area contributed by atoms with Gasteiger partial charge in [-0.2, -0.15) is 0 Å². The molecule has 1 amide bonds. The van der Waals surface area contributed by atoms with E-state index in [0.717, 1.165) is 24.3 Å². The third kappa shape index (κ3) is 2.57. The Morgan fingerprint density at radius 3 is 2.76 bits per heavy atom. The predicted octanol–water partition coefficient (Wildman–Crippen LogP) is 3.07. The Morgan fingerprint density at radius 2 is 2.14 bits per heavy atom. The number of rotatable bonds is 3. The van der Waals surface area contributed by atoms with E-state index in [0.29, 0.717) is 18.2 Å². The van der Waals surface area contributed by atoms with Crippen molar-refractivity contribution in [2.24, 2.45) is 0 Å². The average Bonchev–Trinajstić information content (AvgIpc) is 3.17. The van der Waals surface area contributed by atoms with Crippen LogP contribution in [0.3, 0.4) is 0 Å². The summed E-state index contributed by atoms with van der Waals surface area (Å²) in [6.45, 7) is 6.63. The number of aryl methyl sites for hydroxylation is 1. The van der Waals surface area contributed by atoms with Gasteiger partial charge in [-0.3, -0.25) is 4.79 Å². The van der Waals surface area contributed by atoms with Gasteiger partial charge in [-0.1, -0.05) is 24.2 Å². The van der Waals surface area contributed by atoms with Gasteiger partial charge in [0.25, 0.3) is 5.91 Å². The van der Waals surface area contributed by atoms with E-state index in [4.69, 9.17) is 9.05 Å². The lowest BCUT2D eigenvalue weighted by Crippen LogP contribution is -2.30. The van der Waals surface area contributed by atoms with Crippen LogP contribution in [-0.2, 0) is 0 Å². The number of nitrogens with zero attached hydrogens (tertiary/aromatic N) is 3.